The first-order chi connectivity index (χ1) is 9.36. The summed E-state index contributed by atoms with van der Waals surface area (Å²) in [4.78, 5) is 0. The van der Waals surface area contributed by atoms with Crippen molar-refractivity contribution in [2.24, 2.45) is 0 Å². The first-order valence-electron chi connectivity index (χ1n) is 7.28. The highest BCUT2D eigenvalue weighted by Gasteiger charge is 2.04. The van der Waals surface area contributed by atoms with E-state index in [1.807, 2.05) is 0 Å². The lowest BCUT2D eigenvalue weighted by Gasteiger charge is -2.11. The molecule has 0 saturated carbocycles. The van der Waals surface area contributed by atoms with E-state index >= 15 is 0 Å². The molecule has 0 aliphatic heterocycles. The standard InChI is InChI=1S/C19H23/c1-17(19-15-9-4-10-16-19)11-5-2-6-12-18-13-7-3-8-14-18/h3-4,7-10,13-17H,1-2,5-6,11-12H2. The fraction of sp³-hybridized carbons (Fsp3) is 0.316. The van der Waals surface area contributed by atoms with Crippen molar-refractivity contribution in [3.8, 4) is 0 Å². The van der Waals surface area contributed by atoms with Crippen LogP contribution in [-0.2, 0) is 6.42 Å². The minimum atomic E-state index is 0.443. The van der Waals surface area contributed by atoms with Crippen molar-refractivity contribution < 1.29 is 0 Å². The van der Waals surface area contributed by atoms with Crippen LogP contribution in [0.4, 0.5) is 0 Å². The predicted molar refractivity (Wildman–Crippen MR) is 83.2 cm³/mol. The summed E-state index contributed by atoms with van der Waals surface area (Å²) in [6, 6.07) is 21.4. The highest BCUT2D eigenvalue weighted by Crippen LogP contribution is 2.21. The van der Waals surface area contributed by atoms with E-state index < -0.39 is 0 Å². The van der Waals surface area contributed by atoms with Crippen LogP contribution in [0.2, 0.25) is 0 Å². The van der Waals surface area contributed by atoms with Crippen molar-refractivity contribution in [1.29, 1.82) is 0 Å². The van der Waals surface area contributed by atoms with Crippen molar-refractivity contribution in [2.75, 3.05) is 0 Å². The van der Waals surface area contributed by atoms with Gasteiger partial charge in [0.2, 0.25) is 0 Å². The molecule has 2 aromatic rings. The van der Waals surface area contributed by atoms with Crippen LogP contribution in [0, 0.1) is 6.92 Å². The van der Waals surface area contributed by atoms with Crippen molar-refractivity contribution in [2.45, 2.75) is 38.0 Å². The number of hydrogen-bond donors (Lipinski definition) is 0. The van der Waals surface area contributed by atoms with Crippen LogP contribution in [0.25, 0.3) is 0 Å². The third-order valence-electron chi connectivity index (χ3n) is 3.63. The molecule has 0 saturated heterocycles. The van der Waals surface area contributed by atoms with Crippen molar-refractivity contribution >= 4 is 0 Å². The molecule has 0 N–H and O–H groups in total. The average Bonchev–Trinajstić information content (AvgIpc) is 2.49. The molecule has 99 valence electrons. The van der Waals surface area contributed by atoms with E-state index in [0.29, 0.717) is 5.92 Å². The van der Waals surface area contributed by atoms with Gasteiger partial charge in [-0.3, -0.25) is 0 Å². The zero-order chi connectivity index (χ0) is 13.3. The Hall–Kier alpha value is -1.56. The molecule has 0 aromatic heterocycles. The van der Waals surface area contributed by atoms with Crippen LogP contribution in [0.1, 0.15) is 42.7 Å². The second kappa shape index (κ2) is 7.78. The van der Waals surface area contributed by atoms with Gasteiger partial charge in [-0.05, 0) is 43.2 Å². The number of rotatable bonds is 7. The molecule has 2 aromatic carbocycles. The van der Waals surface area contributed by atoms with Gasteiger partial charge in [0.15, 0.2) is 0 Å². The largest absolute Gasteiger partial charge is 0.0622 e. The summed E-state index contributed by atoms with van der Waals surface area (Å²) in [6.45, 7) is 4.26. The summed E-state index contributed by atoms with van der Waals surface area (Å²) in [5.74, 6) is 0.443. The lowest BCUT2D eigenvalue weighted by atomic mass is 9.94. The molecule has 0 nitrogen and oxygen atoms in total. The van der Waals surface area contributed by atoms with Crippen LogP contribution >= 0.6 is 0 Å². The Kier molecular flexibility index (Phi) is 5.68. The Morgan fingerprint density at radius 2 is 1.37 bits per heavy atom. The quantitative estimate of drug-likeness (QED) is 0.577. The van der Waals surface area contributed by atoms with E-state index in [1.165, 1.54) is 43.2 Å². The van der Waals surface area contributed by atoms with E-state index in [1.54, 1.807) is 0 Å². The highest BCUT2D eigenvalue weighted by molar-refractivity contribution is 5.20. The van der Waals surface area contributed by atoms with Gasteiger partial charge in [-0.1, -0.05) is 73.5 Å². The summed E-state index contributed by atoms with van der Waals surface area (Å²) >= 11 is 0. The zero-order valence-corrected chi connectivity index (χ0v) is 11.6. The molecule has 0 heteroatoms. The first-order valence-corrected chi connectivity index (χ1v) is 7.28. The highest BCUT2D eigenvalue weighted by atomic mass is 14.1. The van der Waals surface area contributed by atoms with Crippen LogP contribution < -0.4 is 0 Å². The maximum Gasteiger partial charge on any atom is -0.0162 e. The van der Waals surface area contributed by atoms with Gasteiger partial charge in [0, 0.05) is 0 Å². The summed E-state index contributed by atoms with van der Waals surface area (Å²) in [5, 5.41) is 0. The topological polar surface area (TPSA) is 0 Å². The average molecular weight is 251 g/mol. The van der Waals surface area contributed by atoms with Gasteiger partial charge in [-0.25, -0.2) is 0 Å². The van der Waals surface area contributed by atoms with Gasteiger partial charge >= 0.3 is 0 Å². The van der Waals surface area contributed by atoms with Crippen LogP contribution in [0.5, 0.6) is 0 Å². The smallest absolute Gasteiger partial charge is 0.0162 e. The van der Waals surface area contributed by atoms with Gasteiger partial charge in [-0.15, -0.1) is 0 Å². The Labute approximate surface area is 117 Å². The fourth-order valence-corrected chi connectivity index (χ4v) is 2.43. The minimum Gasteiger partial charge on any atom is -0.0622 e. The van der Waals surface area contributed by atoms with Gasteiger partial charge in [0.25, 0.3) is 0 Å². The lowest BCUT2D eigenvalue weighted by Crippen LogP contribution is -1.94. The lowest BCUT2D eigenvalue weighted by molar-refractivity contribution is 0.608. The fourth-order valence-electron chi connectivity index (χ4n) is 2.43. The maximum atomic E-state index is 4.26. The Bertz CT molecular complexity index is 444. The first kappa shape index (κ1) is 13.9. The molecule has 0 amide bonds. The Morgan fingerprint density at radius 3 is 2.05 bits per heavy atom. The van der Waals surface area contributed by atoms with E-state index in [2.05, 4.69) is 67.6 Å². The molecule has 19 heavy (non-hydrogen) atoms. The summed E-state index contributed by atoms with van der Waals surface area (Å²) in [7, 11) is 0. The molecule has 2 rings (SSSR count). The van der Waals surface area contributed by atoms with Crippen molar-refractivity contribution in [3.05, 3.63) is 78.7 Å². The molecular formula is C19H23. The van der Waals surface area contributed by atoms with Crippen LogP contribution in [0.15, 0.2) is 60.7 Å². The third-order valence-corrected chi connectivity index (χ3v) is 3.63. The molecule has 1 atom stereocenters. The second-order valence-corrected chi connectivity index (χ2v) is 5.19. The van der Waals surface area contributed by atoms with Crippen molar-refractivity contribution in [3.63, 3.8) is 0 Å². The minimum absolute atomic E-state index is 0.443. The predicted octanol–water partition coefficient (Wildman–Crippen LogP) is 5.41. The molecule has 0 heterocycles. The zero-order valence-electron chi connectivity index (χ0n) is 11.6. The van der Waals surface area contributed by atoms with E-state index in [9.17, 15) is 0 Å². The number of unbranched alkanes of at least 4 members (excludes halogenated alkanes) is 2. The molecule has 0 fully saturated rings. The Morgan fingerprint density at radius 1 is 0.737 bits per heavy atom. The Balaban J connectivity index is 1.62. The van der Waals surface area contributed by atoms with Crippen LogP contribution in [-0.4, -0.2) is 0 Å². The molecule has 0 bridgehead atoms. The maximum absolute atomic E-state index is 4.26. The summed E-state index contributed by atoms with van der Waals surface area (Å²) < 4.78 is 0. The molecule has 1 unspecified atom stereocenters. The van der Waals surface area contributed by atoms with Gasteiger partial charge in [0.05, 0.1) is 0 Å². The number of aryl methyl sites for hydroxylation is 1. The van der Waals surface area contributed by atoms with Crippen LogP contribution in [0.3, 0.4) is 0 Å². The molecule has 0 spiro atoms. The van der Waals surface area contributed by atoms with Gasteiger partial charge in [-0.2, -0.15) is 0 Å². The third kappa shape index (κ3) is 4.90. The summed E-state index contributed by atoms with van der Waals surface area (Å²) in [5.41, 5.74) is 2.82. The van der Waals surface area contributed by atoms with E-state index in [-0.39, 0.29) is 0 Å². The molecule has 0 aliphatic carbocycles. The molecular weight excluding hydrogens is 228 g/mol. The monoisotopic (exact) mass is 251 g/mol. The normalized spacial score (nSPS) is 12.3. The van der Waals surface area contributed by atoms with E-state index in [0.717, 1.165) is 0 Å². The van der Waals surface area contributed by atoms with E-state index in [4.69, 9.17) is 0 Å². The summed E-state index contributed by atoms with van der Waals surface area (Å²) in [6.07, 6.45) is 6.25. The van der Waals surface area contributed by atoms with Gasteiger partial charge in [0.1, 0.15) is 0 Å². The number of benzene rings is 2. The molecule has 0 aliphatic rings. The second-order valence-electron chi connectivity index (χ2n) is 5.19. The molecule has 1 radical (unpaired) electrons. The SMILES string of the molecule is [CH2]C(CCCCCc1ccccc1)c1ccccc1. The van der Waals surface area contributed by atoms with Gasteiger partial charge < -0.3 is 0 Å². The number of hydrogen-bond acceptors (Lipinski definition) is 0. The van der Waals surface area contributed by atoms with Crippen molar-refractivity contribution in [1.82, 2.24) is 0 Å².